The molecule has 0 fully saturated rings. The van der Waals surface area contributed by atoms with Gasteiger partial charge in [0.2, 0.25) is 0 Å². The van der Waals surface area contributed by atoms with Crippen molar-refractivity contribution in [2.24, 2.45) is 0 Å². The number of anilines is 2. The standard InChI is InChI=1S/C12H12Br2N4/c1-18(6-8-3-2-4-9(13)5-8)12-10(14)11(15)16-7-17-12/h2-5,7H,6H2,1H3,(H2,15,16,17). The van der Waals surface area contributed by atoms with Gasteiger partial charge in [-0.25, -0.2) is 9.97 Å². The van der Waals surface area contributed by atoms with Crippen LogP contribution in [0.3, 0.4) is 0 Å². The third-order valence-corrected chi connectivity index (χ3v) is 3.72. The first-order valence-corrected chi connectivity index (χ1v) is 6.88. The number of benzene rings is 1. The Labute approximate surface area is 122 Å². The van der Waals surface area contributed by atoms with Gasteiger partial charge in [0.05, 0.1) is 0 Å². The summed E-state index contributed by atoms with van der Waals surface area (Å²) < 4.78 is 1.79. The van der Waals surface area contributed by atoms with Gasteiger partial charge in [-0.2, -0.15) is 0 Å². The van der Waals surface area contributed by atoms with Crippen LogP contribution in [0.2, 0.25) is 0 Å². The van der Waals surface area contributed by atoms with Gasteiger partial charge in [-0.3, -0.25) is 0 Å². The second-order valence-electron chi connectivity index (χ2n) is 3.88. The van der Waals surface area contributed by atoms with Gasteiger partial charge < -0.3 is 10.6 Å². The number of hydrogen-bond donors (Lipinski definition) is 1. The summed E-state index contributed by atoms with van der Waals surface area (Å²) in [5.41, 5.74) is 6.93. The van der Waals surface area contributed by atoms with Crippen LogP contribution in [-0.4, -0.2) is 17.0 Å². The Morgan fingerprint density at radius 2 is 2.06 bits per heavy atom. The van der Waals surface area contributed by atoms with Crippen LogP contribution in [0.1, 0.15) is 5.56 Å². The van der Waals surface area contributed by atoms with Crippen molar-refractivity contribution in [3.8, 4) is 0 Å². The third kappa shape index (κ3) is 3.00. The second-order valence-corrected chi connectivity index (χ2v) is 5.59. The van der Waals surface area contributed by atoms with Gasteiger partial charge in [-0.15, -0.1) is 0 Å². The summed E-state index contributed by atoms with van der Waals surface area (Å²) in [7, 11) is 1.97. The molecule has 0 bridgehead atoms. The minimum absolute atomic E-state index is 0.445. The van der Waals surface area contributed by atoms with Crippen molar-refractivity contribution in [2.45, 2.75) is 6.54 Å². The molecular formula is C12H12Br2N4. The van der Waals surface area contributed by atoms with E-state index in [1.54, 1.807) is 0 Å². The van der Waals surface area contributed by atoms with Crippen molar-refractivity contribution in [3.63, 3.8) is 0 Å². The SMILES string of the molecule is CN(Cc1cccc(Br)c1)c1ncnc(N)c1Br. The average Bonchev–Trinajstić information content (AvgIpc) is 2.32. The van der Waals surface area contributed by atoms with E-state index >= 15 is 0 Å². The molecule has 2 N–H and O–H groups in total. The van der Waals surface area contributed by atoms with Crippen LogP contribution in [-0.2, 0) is 6.54 Å². The molecular weight excluding hydrogens is 360 g/mol. The Morgan fingerprint density at radius 3 is 2.78 bits per heavy atom. The van der Waals surface area contributed by atoms with Crippen molar-refractivity contribution < 1.29 is 0 Å². The highest BCUT2D eigenvalue weighted by Gasteiger charge is 2.11. The van der Waals surface area contributed by atoms with E-state index in [0.29, 0.717) is 5.82 Å². The lowest BCUT2D eigenvalue weighted by atomic mass is 10.2. The van der Waals surface area contributed by atoms with Crippen LogP contribution in [0, 0.1) is 0 Å². The molecule has 0 spiro atoms. The van der Waals surface area contributed by atoms with Crippen molar-refractivity contribution in [3.05, 3.63) is 45.1 Å². The minimum atomic E-state index is 0.445. The lowest BCUT2D eigenvalue weighted by Crippen LogP contribution is -2.18. The van der Waals surface area contributed by atoms with Gasteiger partial charge in [0.1, 0.15) is 22.4 Å². The second kappa shape index (κ2) is 5.67. The molecule has 0 aliphatic heterocycles. The Balaban J connectivity index is 2.22. The number of nitrogens with two attached hydrogens (primary N) is 1. The van der Waals surface area contributed by atoms with E-state index in [1.807, 2.05) is 24.1 Å². The van der Waals surface area contributed by atoms with Crippen molar-refractivity contribution in [2.75, 3.05) is 17.7 Å². The summed E-state index contributed by atoms with van der Waals surface area (Å²) in [4.78, 5) is 10.2. The molecule has 6 heteroatoms. The van der Waals surface area contributed by atoms with Crippen molar-refractivity contribution >= 4 is 43.5 Å². The first kappa shape index (κ1) is 13.3. The number of nitrogen functional groups attached to an aromatic ring is 1. The van der Waals surface area contributed by atoms with Gasteiger partial charge in [0, 0.05) is 18.1 Å². The van der Waals surface area contributed by atoms with Crippen molar-refractivity contribution in [1.29, 1.82) is 0 Å². The van der Waals surface area contributed by atoms with Crippen LogP contribution < -0.4 is 10.6 Å². The normalized spacial score (nSPS) is 10.4. The Hall–Kier alpha value is -1.14. The summed E-state index contributed by atoms with van der Waals surface area (Å²) >= 11 is 6.87. The molecule has 0 saturated heterocycles. The Kier molecular flexibility index (Phi) is 4.19. The number of hydrogen-bond acceptors (Lipinski definition) is 4. The zero-order valence-corrected chi connectivity index (χ0v) is 12.9. The number of aromatic nitrogens is 2. The van der Waals surface area contributed by atoms with E-state index in [4.69, 9.17) is 5.73 Å². The van der Waals surface area contributed by atoms with E-state index in [-0.39, 0.29) is 0 Å². The highest BCUT2D eigenvalue weighted by atomic mass is 79.9. The lowest BCUT2D eigenvalue weighted by molar-refractivity contribution is 0.887. The van der Waals surface area contributed by atoms with Crippen LogP contribution in [0.5, 0.6) is 0 Å². The highest BCUT2D eigenvalue weighted by molar-refractivity contribution is 9.11. The maximum absolute atomic E-state index is 5.74. The van der Waals surface area contributed by atoms with Crippen LogP contribution in [0.15, 0.2) is 39.5 Å². The summed E-state index contributed by atoms with van der Waals surface area (Å²) in [5, 5.41) is 0. The predicted molar refractivity (Wildman–Crippen MR) is 80.4 cm³/mol. The van der Waals surface area contributed by atoms with Gasteiger partial charge in [-0.1, -0.05) is 28.1 Å². The predicted octanol–water partition coefficient (Wildman–Crippen LogP) is 3.22. The number of nitrogens with zero attached hydrogens (tertiary/aromatic N) is 3. The van der Waals surface area contributed by atoms with E-state index in [2.05, 4.69) is 54.0 Å². The van der Waals surface area contributed by atoms with Gasteiger partial charge in [0.25, 0.3) is 0 Å². The number of halogens is 2. The molecule has 0 unspecified atom stereocenters. The fraction of sp³-hybridized carbons (Fsp3) is 0.167. The van der Waals surface area contributed by atoms with E-state index in [1.165, 1.54) is 11.9 Å². The Morgan fingerprint density at radius 1 is 1.28 bits per heavy atom. The summed E-state index contributed by atoms with van der Waals surface area (Å²) in [6.07, 6.45) is 1.47. The molecule has 1 heterocycles. The first-order chi connectivity index (χ1) is 8.58. The molecule has 94 valence electrons. The minimum Gasteiger partial charge on any atom is -0.383 e. The molecule has 0 aliphatic carbocycles. The number of rotatable bonds is 3. The van der Waals surface area contributed by atoms with E-state index in [9.17, 15) is 0 Å². The Bertz CT molecular complexity index is 560. The van der Waals surface area contributed by atoms with E-state index in [0.717, 1.165) is 21.3 Å². The maximum Gasteiger partial charge on any atom is 0.148 e. The molecule has 2 aromatic rings. The topological polar surface area (TPSA) is 55.0 Å². The molecule has 0 amide bonds. The fourth-order valence-corrected chi connectivity index (χ4v) is 2.58. The average molecular weight is 372 g/mol. The van der Waals surface area contributed by atoms with Crippen LogP contribution in [0.25, 0.3) is 0 Å². The monoisotopic (exact) mass is 370 g/mol. The molecule has 0 saturated carbocycles. The molecule has 0 aliphatic rings. The van der Waals surface area contributed by atoms with Gasteiger partial charge in [0.15, 0.2) is 0 Å². The quantitative estimate of drug-likeness (QED) is 0.899. The van der Waals surface area contributed by atoms with Crippen molar-refractivity contribution in [1.82, 2.24) is 9.97 Å². The summed E-state index contributed by atoms with van der Waals surface area (Å²) in [6.45, 7) is 0.745. The zero-order valence-electron chi connectivity index (χ0n) is 9.77. The molecule has 18 heavy (non-hydrogen) atoms. The van der Waals surface area contributed by atoms with Crippen LogP contribution >= 0.6 is 31.9 Å². The summed E-state index contributed by atoms with van der Waals surface area (Å²) in [6, 6.07) is 8.16. The van der Waals surface area contributed by atoms with E-state index < -0.39 is 0 Å². The maximum atomic E-state index is 5.74. The summed E-state index contributed by atoms with van der Waals surface area (Å²) in [5.74, 6) is 1.23. The molecule has 2 rings (SSSR count). The highest BCUT2D eigenvalue weighted by Crippen LogP contribution is 2.27. The first-order valence-electron chi connectivity index (χ1n) is 5.29. The van der Waals surface area contributed by atoms with Crippen LogP contribution in [0.4, 0.5) is 11.6 Å². The largest absolute Gasteiger partial charge is 0.383 e. The molecule has 0 radical (unpaired) electrons. The lowest BCUT2D eigenvalue weighted by Gasteiger charge is -2.19. The molecule has 1 aromatic carbocycles. The third-order valence-electron chi connectivity index (χ3n) is 2.47. The van der Waals surface area contributed by atoms with Gasteiger partial charge in [-0.05, 0) is 33.6 Å². The fourth-order valence-electron chi connectivity index (χ4n) is 1.62. The smallest absolute Gasteiger partial charge is 0.148 e. The molecule has 0 atom stereocenters. The molecule has 1 aromatic heterocycles. The van der Waals surface area contributed by atoms with Gasteiger partial charge >= 0.3 is 0 Å². The molecule has 4 nitrogen and oxygen atoms in total. The zero-order chi connectivity index (χ0) is 13.1.